The van der Waals surface area contributed by atoms with Crippen LogP contribution in [0.5, 0.6) is 5.75 Å². The van der Waals surface area contributed by atoms with E-state index in [4.69, 9.17) is 24.3 Å². The number of nitrogens with one attached hydrogen (secondary N) is 7. The molecule has 0 saturated heterocycles. The number of phosphoric ester groups is 1. The molecule has 0 bridgehead atoms. The van der Waals surface area contributed by atoms with Gasteiger partial charge in [0.25, 0.3) is 0 Å². The molecular weight excluding hydrogens is 1290 g/mol. The maximum absolute atomic E-state index is 13.8. The molecule has 1 rings (SSSR count). The van der Waals surface area contributed by atoms with Crippen molar-refractivity contribution in [3.05, 3.63) is 29.8 Å². The van der Waals surface area contributed by atoms with Crippen LogP contribution >= 0.6 is 20.5 Å². The lowest BCUT2D eigenvalue weighted by molar-refractivity contribution is -0.161. The number of phenolic OH excluding ortho intramolecular Hbond substituents is 1. The summed E-state index contributed by atoms with van der Waals surface area (Å²) in [6.07, 6.45) is 25.6. The van der Waals surface area contributed by atoms with Crippen LogP contribution in [0, 0.1) is 0 Å². The molecule has 7 amide bonds. The smallest absolute Gasteiger partial charge is 0.472 e. The lowest BCUT2D eigenvalue weighted by Gasteiger charge is -2.26. The first-order chi connectivity index (χ1) is 45.8. The number of phosphoric acid groups is 1. The normalized spacial score (nSPS) is 14.0. The van der Waals surface area contributed by atoms with Gasteiger partial charge >= 0.3 is 31.7 Å². The zero-order valence-electron chi connectivity index (χ0n) is 56.5. The Morgan fingerprint density at radius 2 is 0.958 bits per heavy atom. The number of hydrogen-bond acceptors (Lipinski definition) is 20. The average molecular weight is 1400 g/mol. The predicted octanol–water partition coefficient (Wildman–Crippen LogP) is 5.36. The van der Waals surface area contributed by atoms with Gasteiger partial charge in [-0.25, -0.2) is 4.57 Å². The fraction of sp³-hybridized carbons (Fsp3) is 0.738. The van der Waals surface area contributed by atoms with Gasteiger partial charge in [-0.05, 0) is 37.5 Å². The highest BCUT2D eigenvalue weighted by Gasteiger charge is 2.34. The van der Waals surface area contributed by atoms with Crippen molar-refractivity contribution >= 4 is 85.7 Å². The van der Waals surface area contributed by atoms with Crippen molar-refractivity contribution in [1.29, 1.82) is 0 Å². The van der Waals surface area contributed by atoms with Gasteiger partial charge < -0.3 is 77.7 Å². The Kier molecular flexibility index (Phi) is 48.9. The van der Waals surface area contributed by atoms with E-state index in [1.54, 1.807) is 0 Å². The van der Waals surface area contributed by atoms with Gasteiger partial charge in [0.15, 0.2) is 6.10 Å². The Morgan fingerprint density at radius 3 is 1.44 bits per heavy atom. The molecule has 29 nitrogen and oxygen atoms in total. The van der Waals surface area contributed by atoms with E-state index < -0.39 is 174 Å². The van der Waals surface area contributed by atoms with Crippen LogP contribution in [0.3, 0.4) is 0 Å². The predicted molar refractivity (Wildman–Crippen MR) is 360 cm³/mol. The number of thiol groups is 1. The number of carboxylic acids is 2. The quantitative estimate of drug-likeness (QED) is 0.0169. The Labute approximate surface area is 570 Å². The first-order valence-corrected chi connectivity index (χ1v) is 36.2. The van der Waals surface area contributed by atoms with Crippen molar-refractivity contribution in [3.63, 3.8) is 0 Å². The molecule has 14 N–H and O–H groups in total. The third-order valence-corrected chi connectivity index (χ3v) is 16.7. The van der Waals surface area contributed by atoms with Gasteiger partial charge in [-0.2, -0.15) is 12.6 Å². The number of esters is 2. The number of carboxylic acid groups (broad SMARTS) is 2. The SMILES string of the molecule is CCCCCCCCCCCCCCCC(=O)OC[C@H](COP(=O)(O)OCCNC(=O)[C@H](C)NC(=O)[C@H](CC(=O)O)NC(=O)[C@H](CO)NC(=O)[C@H](Cc1ccc(O)cc1)NC(=O)[C@H](CC(=O)O)NC(=O)CNC(=O)[C@@H](N)CS)OC(=O)CCCCCCCCCCCCCCC. The zero-order chi connectivity index (χ0) is 71.5. The minimum absolute atomic E-state index is 0.0644. The Balaban J connectivity index is 2.93. The summed E-state index contributed by atoms with van der Waals surface area (Å²) in [7, 11) is -4.92. The molecule has 1 aromatic carbocycles. The number of carbonyl (C=O) groups is 11. The molecule has 0 aliphatic carbocycles. The molecule has 0 aliphatic heterocycles. The van der Waals surface area contributed by atoms with Gasteiger partial charge in [0, 0.05) is 31.6 Å². The number of aliphatic carboxylic acids is 2. The van der Waals surface area contributed by atoms with Crippen LogP contribution in [0.1, 0.15) is 219 Å². The largest absolute Gasteiger partial charge is 0.508 e. The van der Waals surface area contributed by atoms with Gasteiger partial charge in [-0.3, -0.25) is 61.8 Å². The van der Waals surface area contributed by atoms with E-state index in [-0.39, 0.29) is 29.9 Å². The summed E-state index contributed by atoms with van der Waals surface area (Å²) in [5.41, 5.74) is 5.86. The van der Waals surface area contributed by atoms with Crippen LogP contribution in [0.15, 0.2) is 24.3 Å². The number of aliphatic hydroxyl groups is 1. The molecule has 1 unspecified atom stereocenters. The number of hydrogen-bond donors (Lipinski definition) is 14. The van der Waals surface area contributed by atoms with E-state index in [2.05, 4.69) is 63.7 Å². The Morgan fingerprint density at radius 1 is 0.531 bits per heavy atom. The molecule has 1 aromatic rings. The molecule has 96 heavy (non-hydrogen) atoms. The van der Waals surface area contributed by atoms with Gasteiger partial charge in [0.1, 0.15) is 42.6 Å². The molecule has 0 heterocycles. The summed E-state index contributed by atoms with van der Waals surface area (Å²) in [5, 5.41) is 54.7. The second-order valence-electron chi connectivity index (χ2n) is 24.0. The number of unbranched alkanes of at least 4 members (excludes halogenated alkanes) is 24. The molecule has 0 fully saturated rings. The standard InChI is InChI=1S/C65H111N8O21PS/c1-4-6-8-10-12-14-16-18-20-22-24-26-28-30-58(81)91-43-49(94-59(82)31-29-27-25-23-21-19-17-15-13-11-9-7-5-2)44-93-95(89,90)92-37-36-67-60(83)46(3)69-62(85)53(40-57(79)80)72-65(88)54(42-74)73-63(86)51(38-47-32-34-48(75)35-33-47)71-64(87)52(39-56(77)78)70-55(76)41-68-61(84)50(66)45-96/h32-35,46,49-54,74-75,96H,4-31,36-45,66H2,1-3H3,(H,67,83)(H,68,84)(H,69,85)(H,70,76)(H,71,87)(H,72,88)(H,73,86)(H,77,78)(H,79,80)(H,89,90)/t46-,49+,50-,51-,52-,53-,54-/m0/s1. The highest BCUT2D eigenvalue weighted by molar-refractivity contribution is 7.80. The molecular formula is C65H111N8O21PS. The van der Waals surface area contributed by atoms with Crippen LogP contribution in [-0.2, 0) is 82.2 Å². The number of phenols is 1. The maximum atomic E-state index is 13.8. The summed E-state index contributed by atoms with van der Waals surface area (Å²) >= 11 is 3.90. The average Bonchev–Trinajstić information content (AvgIpc) is 0.917. The van der Waals surface area contributed by atoms with Gasteiger partial charge in [-0.1, -0.05) is 180 Å². The van der Waals surface area contributed by atoms with Crippen molar-refractivity contribution in [2.24, 2.45) is 5.73 Å². The van der Waals surface area contributed by atoms with E-state index in [9.17, 15) is 82.6 Å². The van der Waals surface area contributed by atoms with Crippen molar-refractivity contribution in [2.45, 2.75) is 262 Å². The van der Waals surface area contributed by atoms with Crippen molar-refractivity contribution in [1.82, 2.24) is 37.2 Å². The third-order valence-electron chi connectivity index (χ3n) is 15.4. The minimum atomic E-state index is -4.92. The number of benzene rings is 1. The lowest BCUT2D eigenvalue weighted by Crippen LogP contribution is -2.60. The molecule has 8 atom stereocenters. The maximum Gasteiger partial charge on any atom is 0.472 e. The zero-order valence-corrected chi connectivity index (χ0v) is 58.2. The third kappa shape index (κ3) is 44.4. The summed E-state index contributed by atoms with van der Waals surface area (Å²) in [6, 6.07) is -4.88. The van der Waals surface area contributed by atoms with E-state index >= 15 is 0 Å². The van der Waals surface area contributed by atoms with E-state index in [1.165, 1.54) is 134 Å². The Hall–Kier alpha value is -6.43. The van der Waals surface area contributed by atoms with E-state index in [0.717, 1.165) is 51.4 Å². The molecule has 0 aliphatic rings. The van der Waals surface area contributed by atoms with Crippen LogP contribution in [0.2, 0.25) is 0 Å². The molecule has 548 valence electrons. The van der Waals surface area contributed by atoms with Gasteiger partial charge in [-0.15, -0.1) is 0 Å². The second-order valence-corrected chi connectivity index (χ2v) is 25.8. The minimum Gasteiger partial charge on any atom is -0.508 e. The highest BCUT2D eigenvalue weighted by atomic mass is 32.1. The number of amides is 7. The number of ether oxygens (including phenoxy) is 2. The fourth-order valence-electron chi connectivity index (χ4n) is 9.76. The molecule has 31 heteroatoms. The van der Waals surface area contributed by atoms with E-state index in [0.29, 0.717) is 12.8 Å². The summed E-state index contributed by atoms with van der Waals surface area (Å²) < 4.78 is 34.1. The highest BCUT2D eigenvalue weighted by Crippen LogP contribution is 2.43. The molecule has 0 spiro atoms. The number of aliphatic hydroxyl groups excluding tert-OH is 1. The summed E-state index contributed by atoms with van der Waals surface area (Å²) in [6.45, 7) is 1.41. The Bertz CT molecular complexity index is 2520. The van der Waals surface area contributed by atoms with Crippen LogP contribution in [0.25, 0.3) is 0 Å². The van der Waals surface area contributed by atoms with Crippen molar-refractivity contribution in [3.8, 4) is 5.75 Å². The summed E-state index contributed by atoms with van der Waals surface area (Å²) in [4.78, 5) is 152. The monoisotopic (exact) mass is 1400 g/mol. The van der Waals surface area contributed by atoms with Gasteiger partial charge in [0.05, 0.1) is 45.2 Å². The topological polar surface area (TPSA) is 453 Å². The first kappa shape index (κ1) is 87.6. The number of carbonyl (C=O) groups excluding carboxylic acids is 9. The van der Waals surface area contributed by atoms with Crippen molar-refractivity contribution in [2.75, 3.05) is 45.3 Å². The number of aromatic hydroxyl groups is 1. The van der Waals surface area contributed by atoms with Crippen molar-refractivity contribution < 1.29 is 101 Å². The second kappa shape index (κ2) is 53.6. The molecule has 0 aromatic heterocycles. The van der Waals surface area contributed by atoms with Crippen LogP contribution in [-0.4, -0.2) is 178 Å². The number of rotatable bonds is 59. The number of nitrogens with two attached hydrogens (primary N) is 1. The first-order valence-electron chi connectivity index (χ1n) is 34.1. The van der Waals surface area contributed by atoms with Crippen LogP contribution < -0.4 is 43.0 Å². The summed E-state index contributed by atoms with van der Waals surface area (Å²) in [5.74, 6) is -12.3. The van der Waals surface area contributed by atoms with Crippen LogP contribution in [0.4, 0.5) is 0 Å². The van der Waals surface area contributed by atoms with Gasteiger partial charge in [0.2, 0.25) is 41.4 Å². The molecule has 0 radical (unpaired) electrons. The fourth-order valence-corrected chi connectivity index (χ4v) is 10.7. The van der Waals surface area contributed by atoms with E-state index in [1.807, 2.05) is 0 Å². The lowest BCUT2D eigenvalue weighted by atomic mass is 10.0. The molecule has 0 saturated carbocycles.